The van der Waals surface area contributed by atoms with Gasteiger partial charge in [0.25, 0.3) is 11.7 Å². The fourth-order valence-corrected chi connectivity index (χ4v) is 4.69. The lowest BCUT2D eigenvalue weighted by Crippen LogP contribution is -2.28. The molecule has 0 saturated carbocycles. The number of nitrogens with zero attached hydrogens (tertiary/aromatic N) is 1. The number of Topliss-reactive ketones (excluding diaryl/α,β-unsaturated/α-hetero) is 1. The lowest BCUT2D eigenvalue weighted by molar-refractivity contribution is -0.140. The van der Waals surface area contributed by atoms with Gasteiger partial charge in [0.1, 0.15) is 17.6 Å². The number of aryl methyl sites for hydroxylation is 1. The fraction of sp³-hybridized carbons (Fsp3) is 0.280. The SMILES string of the molecule is Cc1ccc(C(C)(C)C)cc1/C(O)=C1\C(=O)C(=O)N(Cc2ccco2)C1c1cccs1. The van der Waals surface area contributed by atoms with Crippen LogP contribution >= 0.6 is 11.3 Å². The predicted molar refractivity (Wildman–Crippen MR) is 121 cm³/mol. The van der Waals surface area contributed by atoms with Crippen LogP contribution in [0.5, 0.6) is 0 Å². The zero-order valence-corrected chi connectivity index (χ0v) is 18.8. The van der Waals surface area contributed by atoms with Gasteiger partial charge in [0.15, 0.2) is 0 Å². The number of thiophene rings is 1. The Bertz CT molecular complexity index is 1150. The van der Waals surface area contributed by atoms with Crippen LogP contribution in [0, 0.1) is 6.92 Å². The third-order valence-corrected chi connectivity index (χ3v) is 6.54. The van der Waals surface area contributed by atoms with Gasteiger partial charge < -0.3 is 14.4 Å². The Morgan fingerprint density at radius 3 is 2.55 bits per heavy atom. The first-order valence-corrected chi connectivity index (χ1v) is 11.0. The van der Waals surface area contributed by atoms with E-state index in [0.29, 0.717) is 11.3 Å². The highest BCUT2D eigenvalue weighted by molar-refractivity contribution is 7.10. The monoisotopic (exact) mass is 435 g/mol. The van der Waals surface area contributed by atoms with Gasteiger partial charge in [0, 0.05) is 10.4 Å². The summed E-state index contributed by atoms with van der Waals surface area (Å²) < 4.78 is 5.42. The Hall–Kier alpha value is -3.12. The summed E-state index contributed by atoms with van der Waals surface area (Å²) in [4.78, 5) is 28.4. The molecule has 5 nitrogen and oxygen atoms in total. The summed E-state index contributed by atoms with van der Waals surface area (Å²) in [6, 6.07) is 12.5. The molecule has 2 aromatic heterocycles. The minimum Gasteiger partial charge on any atom is -0.507 e. The number of amides is 1. The van der Waals surface area contributed by atoms with Gasteiger partial charge in [0.05, 0.1) is 18.4 Å². The Labute approximate surface area is 185 Å². The maximum Gasteiger partial charge on any atom is 0.296 e. The molecule has 1 saturated heterocycles. The molecule has 0 bridgehead atoms. The number of ketones is 1. The minimum atomic E-state index is -0.678. The molecule has 1 unspecified atom stereocenters. The van der Waals surface area contributed by atoms with Crippen molar-refractivity contribution in [2.45, 2.75) is 45.7 Å². The smallest absolute Gasteiger partial charge is 0.296 e. The van der Waals surface area contributed by atoms with Gasteiger partial charge in [-0.3, -0.25) is 9.59 Å². The number of hydrogen-bond donors (Lipinski definition) is 1. The van der Waals surface area contributed by atoms with Crippen LogP contribution in [0.2, 0.25) is 0 Å². The summed E-state index contributed by atoms with van der Waals surface area (Å²) in [6.07, 6.45) is 1.54. The summed E-state index contributed by atoms with van der Waals surface area (Å²) in [5.74, 6) is -0.874. The summed E-state index contributed by atoms with van der Waals surface area (Å²) in [5, 5.41) is 13.3. The van der Waals surface area contributed by atoms with Crippen LogP contribution in [-0.4, -0.2) is 21.7 Å². The number of aliphatic hydroxyl groups excluding tert-OH is 1. The maximum absolute atomic E-state index is 13.1. The molecule has 31 heavy (non-hydrogen) atoms. The molecule has 0 radical (unpaired) electrons. The van der Waals surface area contributed by atoms with Crippen molar-refractivity contribution in [3.63, 3.8) is 0 Å². The maximum atomic E-state index is 13.1. The van der Waals surface area contributed by atoms with Crippen LogP contribution in [0.3, 0.4) is 0 Å². The van der Waals surface area contributed by atoms with Crippen molar-refractivity contribution < 1.29 is 19.1 Å². The summed E-state index contributed by atoms with van der Waals surface area (Å²) in [6.45, 7) is 8.32. The number of likely N-dealkylation sites (tertiary alicyclic amines) is 1. The molecule has 0 aliphatic carbocycles. The quantitative estimate of drug-likeness (QED) is 0.330. The fourth-order valence-electron chi connectivity index (χ4n) is 3.84. The van der Waals surface area contributed by atoms with Crippen LogP contribution in [0.25, 0.3) is 5.76 Å². The van der Waals surface area contributed by atoms with E-state index in [1.807, 2.05) is 42.6 Å². The summed E-state index contributed by atoms with van der Waals surface area (Å²) >= 11 is 1.45. The molecule has 6 heteroatoms. The number of hydrogen-bond acceptors (Lipinski definition) is 5. The van der Waals surface area contributed by atoms with E-state index in [0.717, 1.165) is 16.0 Å². The first kappa shape index (κ1) is 21.1. The van der Waals surface area contributed by atoms with Crippen molar-refractivity contribution in [1.82, 2.24) is 4.90 Å². The topological polar surface area (TPSA) is 70.8 Å². The van der Waals surface area contributed by atoms with Gasteiger partial charge in [-0.25, -0.2) is 0 Å². The largest absolute Gasteiger partial charge is 0.507 e. The third-order valence-electron chi connectivity index (χ3n) is 5.62. The van der Waals surface area contributed by atoms with E-state index in [2.05, 4.69) is 20.8 Å². The lowest BCUT2D eigenvalue weighted by Gasteiger charge is -2.24. The van der Waals surface area contributed by atoms with Crippen LogP contribution in [0.1, 0.15) is 54.1 Å². The molecule has 3 heterocycles. The zero-order chi connectivity index (χ0) is 22.3. The standard InChI is InChI=1S/C25H25NO4S/c1-15-9-10-16(25(2,3)4)13-18(15)22(27)20-21(19-8-6-12-31-19)26(24(29)23(20)28)14-17-7-5-11-30-17/h5-13,21,27H,14H2,1-4H3/b22-20+. The van der Waals surface area contributed by atoms with Gasteiger partial charge in [-0.05, 0) is 53.1 Å². The molecule has 4 rings (SSSR count). The number of furan rings is 1. The highest BCUT2D eigenvalue weighted by Crippen LogP contribution is 2.42. The van der Waals surface area contributed by atoms with Gasteiger partial charge in [-0.2, -0.15) is 0 Å². The van der Waals surface area contributed by atoms with Crippen molar-refractivity contribution in [2.75, 3.05) is 0 Å². The molecular weight excluding hydrogens is 410 g/mol. The molecule has 1 aromatic carbocycles. The van der Waals surface area contributed by atoms with Crippen molar-refractivity contribution in [3.05, 3.63) is 87.0 Å². The molecule has 1 aliphatic rings. The Kier molecular flexibility index (Phi) is 5.35. The Morgan fingerprint density at radius 1 is 1.16 bits per heavy atom. The zero-order valence-electron chi connectivity index (χ0n) is 18.0. The predicted octanol–water partition coefficient (Wildman–Crippen LogP) is 5.57. The van der Waals surface area contributed by atoms with Crippen LogP contribution < -0.4 is 0 Å². The lowest BCUT2D eigenvalue weighted by atomic mass is 9.84. The average molecular weight is 436 g/mol. The van der Waals surface area contributed by atoms with E-state index >= 15 is 0 Å². The molecule has 1 atom stereocenters. The third kappa shape index (κ3) is 3.83. The van der Waals surface area contributed by atoms with Crippen molar-refractivity contribution in [3.8, 4) is 0 Å². The molecule has 1 fully saturated rings. The normalized spacial score (nSPS) is 18.7. The van der Waals surface area contributed by atoms with Crippen molar-refractivity contribution >= 4 is 28.8 Å². The van der Waals surface area contributed by atoms with Crippen molar-refractivity contribution in [2.24, 2.45) is 0 Å². The van der Waals surface area contributed by atoms with Crippen LogP contribution in [-0.2, 0) is 21.5 Å². The number of benzene rings is 1. The number of rotatable bonds is 4. The van der Waals surface area contributed by atoms with E-state index in [1.165, 1.54) is 22.5 Å². The number of carbonyl (C=O) groups is 2. The molecule has 1 N–H and O–H groups in total. The molecule has 3 aromatic rings. The molecule has 160 valence electrons. The van der Waals surface area contributed by atoms with Gasteiger partial charge in [-0.15, -0.1) is 11.3 Å². The first-order valence-electron chi connectivity index (χ1n) is 10.1. The van der Waals surface area contributed by atoms with Gasteiger partial charge in [0.2, 0.25) is 0 Å². The highest BCUT2D eigenvalue weighted by Gasteiger charge is 2.47. The molecule has 1 amide bonds. The minimum absolute atomic E-state index is 0.119. The second kappa shape index (κ2) is 7.85. The first-order chi connectivity index (χ1) is 14.7. The molecule has 0 spiro atoms. The van der Waals surface area contributed by atoms with Gasteiger partial charge in [-0.1, -0.05) is 39.0 Å². The second-order valence-electron chi connectivity index (χ2n) is 8.80. The van der Waals surface area contributed by atoms with Crippen LogP contribution in [0.4, 0.5) is 0 Å². The molecular formula is C25H25NO4S. The molecule has 1 aliphatic heterocycles. The van der Waals surface area contributed by atoms with E-state index in [9.17, 15) is 14.7 Å². The van der Waals surface area contributed by atoms with E-state index < -0.39 is 17.7 Å². The van der Waals surface area contributed by atoms with Crippen LogP contribution in [0.15, 0.2) is 64.1 Å². The average Bonchev–Trinajstić information content (AvgIpc) is 3.46. The Balaban J connectivity index is 1.88. The summed E-state index contributed by atoms with van der Waals surface area (Å²) in [5.41, 5.74) is 2.45. The summed E-state index contributed by atoms with van der Waals surface area (Å²) in [7, 11) is 0. The van der Waals surface area contributed by atoms with Crippen molar-refractivity contribution in [1.29, 1.82) is 0 Å². The van der Waals surface area contributed by atoms with E-state index in [1.54, 1.807) is 12.1 Å². The van der Waals surface area contributed by atoms with Gasteiger partial charge >= 0.3 is 0 Å². The second-order valence-corrected chi connectivity index (χ2v) is 9.78. The van der Waals surface area contributed by atoms with E-state index in [4.69, 9.17) is 4.42 Å². The van der Waals surface area contributed by atoms with E-state index in [-0.39, 0.29) is 23.3 Å². The highest BCUT2D eigenvalue weighted by atomic mass is 32.1. The number of aliphatic hydroxyl groups is 1. The Morgan fingerprint density at radius 2 is 1.94 bits per heavy atom. The number of carbonyl (C=O) groups excluding carboxylic acids is 2.